The Morgan fingerprint density at radius 3 is 2.70 bits per heavy atom. The number of hydrogen-bond donors (Lipinski definition) is 1. The third-order valence-corrected chi connectivity index (χ3v) is 5.99. The molecule has 9 heteroatoms. The van der Waals surface area contributed by atoms with E-state index in [2.05, 4.69) is 29.4 Å². The van der Waals surface area contributed by atoms with Crippen molar-refractivity contribution < 1.29 is 14.5 Å². The molecule has 2 aromatic rings. The molecule has 0 bridgehead atoms. The largest absolute Gasteiger partial charge is 0.463 e. The molecule has 1 N–H and O–H groups in total. The van der Waals surface area contributed by atoms with E-state index < -0.39 is 16.9 Å². The maximum atomic E-state index is 12.7. The predicted molar refractivity (Wildman–Crippen MR) is 131 cm³/mol. The molecule has 174 valence electrons. The minimum Gasteiger partial charge on any atom is -0.463 e. The molecule has 0 saturated heterocycles. The summed E-state index contributed by atoms with van der Waals surface area (Å²) >= 11 is 1.55. The predicted octanol–water partition coefficient (Wildman–Crippen LogP) is 4.30. The average molecular weight is 469 g/mol. The number of carbonyl (C=O) groups is 1. The number of esters is 1. The number of non-ortho nitro benzene ring substituents is 1. The lowest BCUT2D eigenvalue weighted by Crippen LogP contribution is -2.31. The summed E-state index contributed by atoms with van der Waals surface area (Å²) in [5.74, 6) is 0.313. The van der Waals surface area contributed by atoms with Crippen LogP contribution in [0.5, 0.6) is 0 Å². The Hall–Kier alpha value is -3.17. The van der Waals surface area contributed by atoms with E-state index in [1.807, 2.05) is 18.2 Å². The SMILES string of the molecule is CCOC(=O)C1=C(C)NC(SCCN(C)Cc2ccccc2)=NC1c1cccc([N+](=O)[O-])c1. The summed E-state index contributed by atoms with van der Waals surface area (Å²) in [5.41, 5.74) is 2.79. The maximum absolute atomic E-state index is 12.7. The highest BCUT2D eigenvalue weighted by atomic mass is 32.2. The van der Waals surface area contributed by atoms with E-state index in [1.165, 1.54) is 17.7 Å². The van der Waals surface area contributed by atoms with Gasteiger partial charge >= 0.3 is 5.97 Å². The molecule has 0 aliphatic carbocycles. The van der Waals surface area contributed by atoms with Crippen LogP contribution in [0.3, 0.4) is 0 Å². The first-order valence-electron chi connectivity index (χ1n) is 10.7. The zero-order valence-electron chi connectivity index (χ0n) is 19.0. The van der Waals surface area contributed by atoms with Gasteiger partial charge in [-0.2, -0.15) is 0 Å². The van der Waals surface area contributed by atoms with Gasteiger partial charge in [-0.15, -0.1) is 0 Å². The van der Waals surface area contributed by atoms with E-state index in [1.54, 1.807) is 37.7 Å². The molecule has 3 rings (SSSR count). The summed E-state index contributed by atoms with van der Waals surface area (Å²) in [6.07, 6.45) is 0. The van der Waals surface area contributed by atoms with Gasteiger partial charge in [-0.1, -0.05) is 54.2 Å². The van der Waals surface area contributed by atoms with Crippen LogP contribution in [0.2, 0.25) is 0 Å². The fraction of sp³-hybridized carbons (Fsp3) is 0.333. The number of benzene rings is 2. The number of nitro benzene ring substituents is 1. The number of aliphatic imine (C=N–C) groups is 1. The van der Waals surface area contributed by atoms with Crippen molar-refractivity contribution in [1.29, 1.82) is 0 Å². The van der Waals surface area contributed by atoms with Crippen molar-refractivity contribution in [3.05, 3.63) is 87.1 Å². The number of allylic oxidation sites excluding steroid dienone is 1. The second kappa shape index (κ2) is 11.6. The molecule has 1 aliphatic heterocycles. The summed E-state index contributed by atoms with van der Waals surface area (Å²) in [6, 6.07) is 15.8. The van der Waals surface area contributed by atoms with E-state index >= 15 is 0 Å². The number of hydrogen-bond acceptors (Lipinski definition) is 8. The first kappa shape index (κ1) is 24.5. The second-order valence-corrected chi connectivity index (χ2v) is 8.73. The highest BCUT2D eigenvalue weighted by Gasteiger charge is 2.31. The van der Waals surface area contributed by atoms with Crippen LogP contribution < -0.4 is 5.32 Å². The standard InChI is InChI=1S/C24H28N4O4S/c1-4-32-23(29)21-17(2)25-24(26-22(21)19-11-8-12-20(15-19)28(30)31)33-14-13-27(3)16-18-9-6-5-7-10-18/h5-12,15,22H,4,13-14,16H2,1-3H3,(H,25,26). The van der Waals surface area contributed by atoms with Gasteiger partial charge in [0.2, 0.25) is 0 Å². The summed E-state index contributed by atoms with van der Waals surface area (Å²) in [5, 5.41) is 15.1. The Balaban J connectivity index is 1.75. The molecule has 1 atom stereocenters. The van der Waals surface area contributed by atoms with E-state index in [0.717, 1.165) is 18.8 Å². The molecule has 33 heavy (non-hydrogen) atoms. The average Bonchev–Trinajstić information content (AvgIpc) is 2.79. The lowest BCUT2D eigenvalue weighted by Gasteiger charge is -2.26. The molecule has 0 radical (unpaired) electrons. The maximum Gasteiger partial charge on any atom is 0.338 e. The minimum atomic E-state index is -0.672. The molecule has 8 nitrogen and oxygen atoms in total. The van der Waals surface area contributed by atoms with Crippen LogP contribution in [0.15, 0.2) is 70.9 Å². The lowest BCUT2D eigenvalue weighted by molar-refractivity contribution is -0.384. The zero-order chi connectivity index (χ0) is 23.8. The lowest BCUT2D eigenvalue weighted by atomic mass is 9.96. The van der Waals surface area contributed by atoms with Gasteiger partial charge in [0.1, 0.15) is 6.04 Å². The molecule has 0 spiro atoms. The van der Waals surface area contributed by atoms with E-state index in [9.17, 15) is 14.9 Å². The number of ether oxygens (including phenoxy) is 1. The van der Waals surface area contributed by atoms with Gasteiger partial charge in [-0.3, -0.25) is 10.1 Å². The van der Waals surface area contributed by atoms with Gasteiger partial charge in [0, 0.05) is 36.7 Å². The van der Waals surface area contributed by atoms with Crippen molar-refractivity contribution in [2.45, 2.75) is 26.4 Å². The Kier molecular flexibility index (Phi) is 8.62. The molecule has 0 fully saturated rings. The van der Waals surface area contributed by atoms with Crippen molar-refractivity contribution in [2.75, 3.05) is 26.0 Å². The van der Waals surface area contributed by atoms with Gasteiger partial charge < -0.3 is 15.0 Å². The third-order valence-electron chi connectivity index (χ3n) is 5.12. The number of nitrogens with zero attached hydrogens (tertiary/aromatic N) is 3. The highest BCUT2D eigenvalue weighted by Crippen LogP contribution is 2.34. The topological polar surface area (TPSA) is 97.1 Å². The van der Waals surface area contributed by atoms with Crippen LogP contribution in [0, 0.1) is 10.1 Å². The van der Waals surface area contributed by atoms with Crippen molar-refractivity contribution >= 4 is 28.6 Å². The number of amidine groups is 1. The van der Waals surface area contributed by atoms with Gasteiger partial charge in [-0.05, 0) is 32.0 Å². The van der Waals surface area contributed by atoms with Crippen LogP contribution >= 0.6 is 11.8 Å². The fourth-order valence-corrected chi connectivity index (χ4v) is 4.52. The van der Waals surface area contributed by atoms with E-state index in [4.69, 9.17) is 9.73 Å². The summed E-state index contributed by atoms with van der Waals surface area (Å²) in [6.45, 7) is 5.46. The Bertz CT molecular complexity index is 1060. The quantitative estimate of drug-likeness (QED) is 0.333. The molecule has 0 amide bonds. The van der Waals surface area contributed by atoms with Crippen LogP contribution in [-0.2, 0) is 16.1 Å². The summed E-state index contributed by atoms with van der Waals surface area (Å²) in [4.78, 5) is 30.4. The second-order valence-electron chi connectivity index (χ2n) is 7.64. The minimum absolute atomic E-state index is 0.0427. The number of rotatable bonds is 9. The molecular weight excluding hydrogens is 440 g/mol. The summed E-state index contributed by atoms with van der Waals surface area (Å²) in [7, 11) is 2.07. The molecule has 1 aliphatic rings. The van der Waals surface area contributed by atoms with Crippen molar-refractivity contribution in [3.63, 3.8) is 0 Å². The van der Waals surface area contributed by atoms with Crippen LogP contribution in [-0.4, -0.2) is 46.9 Å². The van der Waals surface area contributed by atoms with Crippen LogP contribution in [0.4, 0.5) is 5.69 Å². The zero-order valence-corrected chi connectivity index (χ0v) is 19.8. The Morgan fingerprint density at radius 2 is 2.00 bits per heavy atom. The van der Waals surface area contributed by atoms with E-state index in [-0.39, 0.29) is 12.3 Å². The Morgan fingerprint density at radius 1 is 1.24 bits per heavy atom. The first-order chi connectivity index (χ1) is 15.9. The first-order valence-corrected chi connectivity index (χ1v) is 11.7. The molecule has 0 saturated carbocycles. The normalized spacial score (nSPS) is 15.8. The van der Waals surface area contributed by atoms with Crippen LogP contribution in [0.1, 0.15) is 31.0 Å². The molecule has 1 heterocycles. The van der Waals surface area contributed by atoms with E-state index in [0.29, 0.717) is 22.0 Å². The molecule has 0 aromatic heterocycles. The number of thioether (sulfide) groups is 1. The van der Waals surface area contributed by atoms with Gasteiger partial charge in [0.15, 0.2) is 5.17 Å². The van der Waals surface area contributed by atoms with Crippen molar-refractivity contribution in [1.82, 2.24) is 10.2 Å². The van der Waals surface area contributed by atoms with Crippen LogP contribution in [0.25, 0.3) is 0 Å². The smallest absolute Gasteiger partial charge is 0.338 e. The third kappa shape index (κ3) is 6.66. The molecule has 1 unspecified atom stereocenters. The van der Waals surface area contributed by atoms with Crippen molar-refractivity contribution in [2.24, 2.45) is 4.99 Å². The number of nitrogens with one attached hydrogen (secondary N) is 1. The highest BCUT2D eigenvalue weighted by molar-refractivity contribution is 8.13. The van der Waals surface area contributed by atoms with Gasteiger partial charge in [0.25, 0.3) is 5.69 Å². The molecular formula is C24H28N4O4S. The molecule has 2 aromatic carbocycles. The monoisotopic (exact) mass is 468 g/mol. The fourth-order valence-electron chi connectivity index (χ4n) is 3.52. The van der Waals surface area contributed by atoms with Gasteiger partial charge in [-0.25, -0.2) is 9.79 Å². The number of nitro groups is 1. The Labute approximate surface area is 197 Å². The van der Waals surface area contributed by atoms with Gasteiger partial charge in [0.05, 0.1) is 17.1 Å². The van der Waals surface area contributed by atoms with Crippen molar-refractivity contribution in [3.8, 4) is 0 Å². The number of carbonyl (C=O) groups excluding carboxylic acids is 1. The summed E-state index contributed by atoms with van der Waals surface area (Å²) < 4.78 is 5.23.